The van der Waals surface area contributed by atoms with E-state index in [1.54, 1.807) is 0 Å². The summed E-state index contributed by atoms with van der Waals surface area (Å²) < 4.78 is 0.922. The van der Waals surface area contributed by atoms with Gasteiger partial charge in [-0.3, -0.25) is 4.99 Å². The summed E-state index contributed by atoms with van der Waals surface area (Å²) >= 11 is 3.35. The number of aliphatic imine (C=N–C) groups is 1. The highest BCUT2D eigenvalue weighted by Crippen LogP contribution is 2.12. The number of anilines is 1. The summed E-state index contributed by atoms with van der Waals surface area (Å²) in [6, 6.07) is 6.02. The van der Waals surface area contributed by atoms with Crippen LogP contribution in [0.25, 0.3) is 0 Å². The number of hydrogen-bond donors (Lipinski definition) is 1. The molecule has 0 radical (unpaired) electrons. The molecule has 1 aliphatic rings. The summed E-state index contributed by atoms with van der Waals surface area (Å²) in [6.45, 7) is 8.28. The van der Waals surface area contributed by atoms with E-state index < -0.39 is 0 Å². The molecule has 2 heterocycles. The normalized spacial score (nSPS) is 16.2. The van der Waals surface area contributed by atoms with Gasteiger partial charge in [0, 0.05) is 50.5 Å². The Bertz CT molecular complexity index is 466. The number of nitrogens with zero attached hydrogens (tertiary/aromatic N) is 4. The second-order valence-electron chi connectivity index (χ2n) is 4.58. The molecular weight excluding hydrogens is 318 g/mol. The van der Waals surface area contributed by atoms with Crippen molar-refractivity contribution in [3.05, 3.63) is 35.5 Å². The zero-order chi connectivity index (χ0) is 14.4. The van der Waals surface area contributed by atoms with Gasteiger partial charge in [0.25, 0.3) is 0 Å². The topological polar surface area (TPSA) is 43.8 Å². The maximum absolute atomic E-state index is 4.40. The van der Waals surface area contributed by atoms with Crippen LogP contribution in [0.2, 0.25) is 0 Å². The lowest BCUT2D eigenvalue weighted by Gasteiger charge is -2.37. The molecule has 2 rings (SSSR count). The van der Waals surface area contributed by atoms with E-state index in [1.807, 2.05) is 25.4 Å². The molecule has 0 saturated carbocycles. The molecule has 1 N–H and O–H groups in total. The van der Waals surface area contributed by atoms with Crippen LogP contribution in [0.15, 0.2) is 40.4 Å². The van der Waals surface area contributed by atoms with E-state index in [-0.39, 0.29) is 0 Å². The Kier molecular flexibility index (Phi) is 5.40. The molecule has 0 amide bonds. The van der Waals surface area contributed by atoms with Gasteiger partial charge in [-0.2, -0.15) is 0 Å². The summed E-state index contributed by atoms with van der Waals surface area (Å²) in [6.07, 6.45) is 1.84. The Morgan fingerprint density at radius 1 is 1.40 bits per heavy atom. The molecule has 1 aromatic heterocycles. The number of guanidine groups is 1. The molecule has 0 aliphatic carbocycles. The number of piperazine rings is 1. The molecule has 6 heteroatoms. The molecule has 5 nitrogen and oxygen atoms in total. The number of halogens is 1. The Balaban J connectivity index is 1.88. The van der Waals surface area contributed by atoms with E-state index in [9.17, 15) is 0 Å². The summed E-state index contributed by atoms with van der Waals surface area (Å²) in [5.74, 6) is 1.97. The molecule has 1 saturated heterocycles. The smallest absolute Gasteiger partial charge is 0.194 e. The average Bonchev–Trinajstić information content (AvgIpc) is 2.49. The summed E-state index contributed by atoms with van der Waals surface area (Å²) in [4.78, 5) is 13.3. The van der Waals surface area contributed by atoms with Crippen molar-refractivity contribution in [3.8, 4) is 0 Å². The first-order chi connectivity index (χ1) is 9.70. The molecule has 0 spiro atoms. The second kappa shape index (κ2) is 7.28. The summed E-state index contributed by atoms with van der Waals surface area (Å²) in [7, 11) is 1.81. The summed E-state index contributed by atoms with van der Waals surface area (Å²) in [5.41, 5.74) is 0. The lowest BCUT2D eigenvalue weighted by molar-refractivity contribution is 0.373. The highest BCUT2D eigenvalue weighted by molar-refractivity contribution is 9.11. The number of aromatic nitrogens is 1. The fourth-order valence-corrected chi connectivity index (χ4v) is 2.34. The van der Waals surface area contributed by atoms with Gasteiger partial charge < -0.3 is 15.1 Å². The van der Waals surface area contributed by atoms with E-state index in [2.05, 4.69) is 53.7 Å². The zero-order valence-corrected chi connectivity index (χ0v) is 13.3. The minimum atomic E-state index is 0.688. The first kappa shape index (κ1) is 14.8. The summed E-state index contributed by atoms with van der Waals surface area (Å²) in [5, 5.41) is 3.29. The van der Waals surface area contributed by atoms with E-state index >= 15 is 0 Å². The number of pyridine rings is 1. The minimum absolute atomic E-state index is 0.688. The molecule has 0 aromatic carbocycles. The van der Waals surface area contributed by atoms with Crippen LogP contribution in [0, 0.1) is 0 Å². The van der Waals surface area contributed by atoms with E-state index in [0.717, 1.165) is 42.4 Å². The number of rotatable bonds is 3. The standard InChI is InChI=1S/C14H20BrN5/c1-12(15)11-18-14(16-2)20-9-7-19(8-10-20)13-5-3-4-6-17-13/h3-6H,1,7-11H2,2H3,(H,16,18). The third-order valence-corrected chi connectivity index (χ3v) is 3.48. The van der Waals surface area contributed by atoms with Crippen LogP contribution in [0.3, 0.4) is 0 Å². The van der Waals surface area contributed by atoms with Crippen molar-refractivity contribution >= 4 is 27.7 Å². The van der Waals surface area contributed by atoms with Crippen molar-refractivity contribution in [2.75, 3.05) is 44.7 Å². The van der Waals surface area contributed by atoms with Gasteiger partial charge in [-0.15, -0.1) is 0 Å². The Labute approximate surface area is 128 Å². The van der Waals surface area contributed by atoms with Crippen molar-refractivity contribution in [1.29, 1.82) is 0 Å². The van der Waals surface area contributed by atoms with Crippen LogP contribution in [0.5, 0.6) is 0 Å². The largest absolute Gasteiger partial charge is 0.353 e. The molecule has 20 heavy (non-hydrogen) atoms. The van der Waals surface area contributed by atoms with Gasteiger partial charge in [-0.05, 0) is 12.1 Å². The van der Waals surface area contributed by atoms with Crippen LogP contribution in [0.1, 0.15) is 0 Å². The van der Waals surface area contributed by atoms with Crippen molar-refractivity contribution in [2.45, 2.75) is 0 Å². The fraction of sp³-hybridized carbons (Fsp3) is 0.429. The van der Waals surface area contributed by atoms with Crippen molar-refractivity contribution in [2.24, 2.45) is 4.99 Å². The highest BCUT2D eigenvalue weighted by atomic mass is 79.9. The highest BCUT2D eigenvalue weighted by Gasteiger charge is 2.20. The lowest BCUT2D eigenvalue weighted by atomic mass is 10.3. The average molecular weight is 338 g/mol. The SMILES string of the molecule is C=C(Br)CNC(=NC)N1CCN(c2ccccn2)CC1. The van der Waals surface area contributed by atoms with Crippen molar-refractivity contribution in [1.82, 2.24) is 15.2 Å². The zero-order valence-electron chi connectivity index (χ0n) is 11.7. The van der Waals surface area contributed by atoms with Gasteiger partial charge in [0.2, 0.25) is 0 Å². The second-order valence-corrected chi connectivity index (χ2v) is 5.70. The molecule has 0 bridgehead atoms. The lowest BCUT2D eigenvalue weighted by Crippen LogP contribution is -2.52. The van der Waals surface area contributed by atoms with Crippen molar-refractivity contribution in [3.63, 3.8) is 0 Å². The Morgan fingerprint density at radius 2 is 2.15 bits per heavy atom. The van der Waals surface area contributed by atoms with Gasteiger partial charge >= 0.3 is 0 Å². The van der Waals surface area contributed by atoms with Crippen LogP contribution in [-0.2, 0) is 0 Å². The van der Waals surface area contributed by atoms with Gasteiger partial charge in [0.15, 0.2) is 5.96 Å². The van der Waals surface area contributed by atoms with Crippen LogP contribution >= 0.6 is 15.9 Å². The van der Waals surface area contributed by atoms with Crippen molar-refractivity contribution < 1.29 is 0 Å². The quantitative estimate of drug-likeness (QED) is 0.673. The third-order valence-electron chi connectivity index (χ3n) is 3.20. The monoisotopic (exact) mass is 337 g/mol. The van der Waals surface area contributed by atoms with E-state index in [0.29, 0.717) is 6.54 Å². The molecule has 0 unspecified atom stereocenters. The maximum atomic E-state index is 4.40. The maximum Gasteiger partial charge on any atom is 0.194 e. The van der Waals surface area contributed by atoms with Gasteiger partial charge in [0.1, 0.15) is 5.82 Å². The van der Waals surface area contributed by atoms with Gasteiger partial charge in [0.05, 0.1) is 0 Å². The predicted molar refractivity (Wildman–Crippen MR) is 87.5 cm³/mol. The first-order valence-electron chi connectivity index (χ1n) is 6.65. The van der Waals surface area contributed by atoms with Gasteiger partial charge in [-0.25, -0.2) is 4.98 Å². The van der Waals surface area contributed by atoms with Gasteiger partial charge in [-0.1, -0.05) is 28.6 Å². The molecular formula is C14H20BrN5. The first-order valence-corrected chi connectivity index (χ1v) is 7.45. The Hall–Kier alpha value is -1.56. The molecule has 1 aliphatic heterocycles. The van der Waals surface area contributed by atoms with Crippen LogP contribution in [-0.4, -0.2) is 55.6 Å². The predicted octanol–water partition coefficient (Wildman–Crippen LogP) is 1.69. The minimum Gasteiger partial charge on any atom is -0.353 e. The third kappa shape index (κ3) is 3.96. The number of nitrogens with one attached hydrogen (secondary N) is 1. The molecule has 1 fully saturated rings. The fourth-order valence-electron chi connectivity index (χ4n) is 2.20. The molecule has 108 valence electrons. The number of hydrogen-bond acceptors (Lipinski definition) is 3. The van der Waals surface area contributed by atoms with E-state index in [1.165, 1.54) is 0 Å². The van der Waals surface area contributed by atoms with E-state index in [4.69, 9.17) is 0 Å². The molecule has 1 aromatic rings. The van der Waals surface area contributed by atoms with Crippen LogP contribution in [0.4, 0.5) is 5.82 Å². The van der Waals surface area contributed by atoms with Crippen LogP contribution < -0.4 is 10.2 Å². The molecule has 0 atom stereocenters. The Morgan fingerprint density at radius 3 is 2.70 bits per heavy atom.